The van der Waals surface area contributed by atoms with Gasteiger partial charge in [0.2, 0.25) is 0 Å². The molecule has 0 saturated carbocycles. The summed E-state index contributed by atoms with van der Waals surface area (Å²) < 4.78 is 1.55. The lowest BCUT2D eigenvalue weighted by atomic mass is 10.2. The Morgan fingerprint density at radius 1 is 1.39 bits per heavy atom. The highest BCUT2D eigenvalue weighted by Gasteiger charge is 2.10. The van der Waals surface area contributed by atoms with Crippen LogP contribution in [0.25, 0.3) is 0 Å². The van der Waals surface area contributed by atoms with Crippen molar-refractivity contribution in [3.05, 3.63) is 49.6 Å². The van der Waals surface area contributed by atoms with Gasteiger partial charge in [-0.1, -0.05) is 27.5 Å². The molecule has 0 radical (unpaired) electrons. The second-order valence-electron chi connectivity index (χ2n) is 3.55. The number of benzene rings is 1. The lowest BCUT2D eigenvalue weighted by Crippen LogP contribution is -2.05. The van der Waals surface area contributed by atoms with Gasteiger partial charge >= 0.3 is 5.97 Å². The average Bonchev–Trinajstić information content (AvgIpc) is 2.72. The molecular weight excluding hydrogens is 338 g/mol. The number of carboxylic acids is 1. The Balaban J connectivity index is 2.17. The topological polar surface area (TPSA) is 49.3 Å². The molecular formula is C12H9BrClNO2S. The number of rotatable bonds is 4. The molecule has 2 aromatic rings. The number of anilines is 1. The van der Waals surface area contributed by atoms with Crippen molar-refractivity contribution < 1.29 is 9.90 Å². The summed E-state index contributed by atoms with van der Waals surface area (Å²) in [4.78, 5) is 12.1. The van der Waals surface area contributed by atoms with Crippen molar-refractivity contribution in [2.45, 2.75) is 6.54 Å². The summed E-state index contributed by atoms with van der Waals surface area (Å²) >= 11 is 10.6. The summed E-state index contributed by atoms with van der Waals surface area (Å²) in [5.74, 6) is -0.950. The van der Waals surface area contributed by atoms with Gasteiger partial charge in [0, 0.05) is 15.9 Å². The Bertz CT molecular complexity index is 585. The summed E-state index contributed by atoms with van der Waals surface area (Å²) in [7, 11) is 0. The Morgan fingerprint density at radius 3 is 2.78 bits per heavy atom. The molecule has 94 valence electrons. The summed E-state index contributed by atoms with van der Waals surface area (Å²) in [6, 6.07) is 8.76. The van der Waals surface area contributed by atoms with Gasteiger partial charge in [0.1, 0.15) is 0 Å². The molecule has 0 unspecified atom stereocenters. The van der Waals surface area contributed by atoms with Gasteiger partial charge in [-0.05, 0) is 30.3 Å². The van der Waals surface area contributed by atoms with Gasteiger partial charge in [0.05, 0.1) is 15.6 Å². The van der Waals surface area contributed by atoms with Gasteiger partial charge in [0.25, 0.3) is 0 Å². The molecule has 2 N–H and O–H groups in total. The minimum atomic E-state index is -0.950. The van der Waals surface area contributed by atoms with E-state index in [1.165, 1.54) is 11.3 Å². The third kappa shape index (κ3) is 3.25. The number of thiophene rings is 1. The van der Waals surface area contributed by atoms with Crippen LogP contribution in [0.3, 0.4) is 0 Å². The second-order valence-corrected chi connectivity index (χ2v) is 6.27. The third-order valence-corrected chi connectivity index (χ3v) is 4.02. The summed E-state index contributed by atoms with van der Waals surface area (Å²) in [6.07, 6.45) is 0. The zero-order chi connectivity index (χ0) is 13.1. The van der Waals surface area contributed by atoms with Crippen molar-refractivity contribution in [1.82, 2.24) is 0 Å². The van der Waals surface area contributed by atoms with Crippen LogP contribution in [0.5, 0.6) is 0 Å². The molecule has 0 atom stereocenters. The lowest BCUT2D eigenvalue weighted by Gasteiger charge is -2.09. The van der Waals surface area contributed by atoms with Crippen LogP contribution in [0.4, 0.5) is 5.69 Å². The fraction of sp³-hybridized carbons (Fsp3) is 0.0833. The van der Waals surface area contributed by atoms with Crippen LogP contribution in [0.15, 0.2) is 34.8 Å². The molecule has 0 saturated heterocycles. The van der Waals surface area contributed by atoms with Crippen molar-refractivity contribution in [2.24, 2.45) is 0 Å². The Labute approximate surface area is 122 Å². The molecule has 0 bridgehead atoms. The van der Waals surface area contributed by atoms with Crippen LogP contribution < -0.4 is 5.32 Å². The Hall–Kier alpha value is -1.04. The van der Waals surface area contributed by atoms with Crippen LogP contribution in [0.2, 0.25) is 4.34 Å². The average molecular weight is 347 g/mol. The number of hydrogen-bond acceptors (Lipinski definition) is 3. The van der Waals surface area contributed by atoms with Crippen LogP contribution in [0.1, 0.15) is 15.2 Å². The molecule has 1 heterocycles. The van der Waals surface area contributed by atoms with Crippen LogP contribution in [-0.2, 0) is 6.54 Å². The van der Waals surface area contributed by atoms with Crippen molar-refractivity contribution in [3.8, 4) is 0 Å². The van der Waals surface area contributed by atoms with E-state index in [-0.39, 0.29) is 5.56 Å². The minimum absolute atomic E-state index is 0.251. The summed E-state index contributed by atoms with van der Waals surface area (Å²) in [6.45, 7) is 0.550. The van der Waals surface area contributed by atoms with E-state index in [0.29, 0.717) is 12.2 Å². The van der Waals surface area contributed by atoms with Gasteiger partial charge in [-0.15, -0.1) is 11.3 Å². The number of aromatic carboxylic acids is 1. The molecule has 6 heteroatoms. The van der Waals surface area contributed by atoms with Gasteiger partial charge in [-0.3, -0.25) is 0 Å². The smallest absolute Gasteiger partial charge is 0.337 e. The quantitative estimate of drug-likeness (QED) is 0.858. The summed E-state index contributed by atoms with van der Waals surface area (Å²) in [5, 5.41) is 12.2. The van der Waals surface area contributed by atoms with Crippen LogP contribution in [-0.4, -0.2) is 11.1 Å². The number of carbonyl (C=O) groups is 1. The fourth-order valence-corrected chi connectivity index (χ4v) is 2.87. The maximum absolute atomic E-state index is 11.1. The van der Waals surface area contributed by atoms with E-state index in [0.717, 1.165) is 13.7 Å². The number of nitrogens with one attached hydrogen (secondary N) is 1. The molecule has 1 aromatic carbocycles. The number of halogens is 2. The molecule has 0 fully saturated rings. The molecule has 0 aliphatic carbocycles. The molecule has 3 nitrogen and oxygen atoms in total. The first-order chi connectivity index (χ1) is 8.56. The first kappa shape index (κ1) is 13.4. The predicted octanol–water partition coefficient (Wildman–Crippen LogP) is 4.47. The number of hydrogen-bond donors (Lipinski definition) is 2. The highest BCUT2D eigenvalue weighted by molar-refractivity contribution is 9.10. The van der Waals surface area contributed by atoms with E-state index in [4.69, 9.17) is 16.7 Å². The van der Waals surface area contributed by atoms with E-state index in [1.54, 1.807) is 18.2 Å². The second kappa shape index (κ2) is 5.73. The van der Waals surface area contributed by atoms with Crippen molar-refractivity contribution in [1.29, 1.82) is 0 Å². The highest BCUT2D eigenvalue weighted by atomic mass is 79.9. The molecule has 1 aromatic heterocycles. The molecule has 0 aliphatic rings. The lowest BCUT2D eigenvalue weighted by molar-refractivity contribution is 0.0698. The highest BCUT2D eigenvalue weighted by Crippen LogP contribution is 2.25. The SMILES string of the molecule is O=C(O)c1ccc(Br)cc1NCc1ccc(Cl)s1. The standard InChI is InChI=1S/C12H9BrClNO2S/c13-7-1-3-9(12(16)17)10(5-7)15-6-8-2-4-11(14)18-8/h1-5,15H,6H2,(H,16,17). The zero-order valence-corrected chi connectivity index (χ0v) is 12.3. The van der Waals surface area contributed by atoms with E-state index >= 15 is 0 Å². The van der Waals surface area contributed by atoms with E-state index in [9.17, 15) is 4.79 Å². The van der Waals surface area contributed by atoms with Crippen molar-refractivity contribution in [2.75, 3.05) is 5.32 Å². The maximum atomic E-state index is 11.1. The van der Waals surface area contributed by atoms with Crippen molar-refractivity contribution in [3.63, 3.8) is 0 Å². The largest absolute Gasteiger partial charge is 0.478 e. The number of carboxylic acid groups (broad SMARTS) is 1. The van der Waals surface area contributed by atoms with E-state index in [1.807, 2.05) is 12.1 Å². The summed E-state index contributed by atoms with van der Waals surface area (Å²) in [5.41, 5.74) is 0.835. The Kier molecular flexibility index (Phi) is 4.27. The van der Waals surface area contributed by atoms with Crippen LogP contribution in [0, 0.1) is 0 Å². The Morgan fingerprint density at radius 2 is 2.17 bits per heavy atom. The van der Waals surface area contributed by atoms with Crippen molar-refractivity contribution >= 4 is 50.5 Å². The molecule has 18 heavy (non-hydrogen) atoms. The first-order valence-electron chi connectivity index (χ1n) is 5.07. The van der Waals surface area contributed by atoms with Gasteiger partial charge in [-0.2, -0.15) is 0 Å². The third-order valence-electron chi connectivity index (χ3n) is 2.29. The van der Waals surface area contributed by atoms with Gasteiger partial charge in [0.15, 0.2) is 0 Å². The maximum Gasteiger partial charge on any atom is 0.337 e. The predicted molar refractivity (Wildman–Crippen MR) is 77.8 cm³/mol. The molecule has 0 spiro atoms. The molecule has 2 rings (SSSR count). The monoisotopic (exact) mass is 345 g/mol. The zero-order valence-electron chi connectivity index (χ0n) is 9.11. The minimum Gasteiger partial charge on any atom is -0.478 e. The van der Waals surface area contributed by atoms with E-state index in [2.05, 4.69) is 21.2 Å². The molecule has 0 aliphatic heterocycles. The normalized spacial score (nSPS) is 10.3. The van der Waals surface area contributed by atoms with Gasteiger partial charge < -0.3 is 10.4 Å². The first-order valence-corrected chi connectivity index (χ1v) is 7.06. The van der Waals surface area contributed by atoms with E-state index < -0.39 is 5.97 Å². The fourth-order valence-electron chi connectivity index (χ4n) is 1.48. The molecule has 0 amide bonds. The van der Waals surface area contributed by atoms with Gasteiger partial charge in [-0.25, -0.2) is 4.79 Å². The van der Waals surface area contributed by atoms with Crippen LogP contribution >= 0.6 is 38.9 Å².